The van der Waals surface area contributed by atoms with Gasteiger partial charge < -0.3 is 13.7 Å². The van der Waals surface area contributed by atoms with Crippen LogP contribution in [0, 0.1) is 0 Å². The molecule has 188 valence electrons. The van der Waals surface area contributed by atoms with E-state index < -0.39 is 0 Å². The first-order chi connectivity index (χ1) is 18.8. The van der Waals surface area contributed by atoms with Crippen LogP contribution in [0.1, 0.15) is 27.7 Å². The minimum Gasteiger partial charge on any atom is -0.399 e. The molecule has 5 aromatic carbocycles. The maximum absolute atomic E-state index is 6.41. The zero-order valence-corrected chi connectivity index (χ0v) is 23.1. The van der Waals surface area contributed by atoms with Crippen LogP contribution in [-0.4, -0.2) is 22.7 Å². The Morgan fingerprint density at radius 2 is 1.28 bits per heavy atom. The Labute approximate surface area is 230 Å². The quantitative estimate of drug-likeness (QED) is 0.201. The number of rotatable bonds is 1. The van der Waals surface area contributed by atoms with Gasteiger partial charge in [0.2, 0.25) is 0 Å². The van der Waals surface area contributed by atoms with Gasteiger partial charge in [0.15, 0.2) is 0 Å². The summed E-state index contributed by atoms with van der Waals surface area (Å²) in [4.78, 5) is 0. The van der Waals surface area contributed by atoms with E-state index in [2.05, 4.69) is 117 Å². The molecule has 3 aromatic heterocycles. The van der Waals surface area contributed by atoms with Crippen molar-refractivity contribution in [1.29, 1.82) is 0 Å². The Balaban J connectivity index is 1.36. The molecule has 1 saturated heterocycles. The summed E-state index contributed by atoms with van der Waals surface area (Å²) in [6.07, 6.45) is 0. The lowest BCUT2D eigenvalue weighted by Crippen LogP contribution is -2.41. The van der Waals surface area contributed by atoms with Crippen molar-refractivity contribution in [1.82, 2.24) is 4.40 Å². The van der Waals surface area contributed by atoms with E-state index in [4.69, 9.17) is 9.31 Å². The van der Waals surface area contributed by atoms with Crippen molar-refractivity contribution in [3.8, 4) is 0 Å². The smallest absolute Gasteiger partial charge is 0.399 e. The summed E-state index contributed by atoms with van der Waals surface area (Å²) in [7, 11) is -0.370. The maximum Gasteiger partial charge on any atom is 0.494 e. The van der Waals surface area contributed by atoms with Crippen molar-refractivity contribution in [2.24, 2.45) is 0 Å². The molecule has 0 amide bonds. The molecule has 0 saturated carbocycles. The highest BCUT2D eigenvalue weighted by molar-refractivity contribution is 7.26. The summed E-state index contributed by atoms with van der Waals surface area (Å²) in [5, 5.41) is 10.5. The fourth-order valence-corrected chi connectivity index (χ4v) is 7.86. The van der Waals surface area contributed by atoms with Crippen LogP contribution in [0.2, 0.25) is 0 Å². The van der Waals surface area contributed by atoms with Crippen LogP contribution in [0.15, 0.2) is 84.9 Å². The largest absolute Gasteiger partial charge is 0.494 e. The Kier molecular flexibility index (Phi) is 4.05. The topological polar surface area (TPSA) is 22.9 Å². The third-order valence-corrected chi connectivity index (χ3v) is 10.5. The van der Waals surface area contributed by atoms with Crippen molar-refractivity contribution in [2.45, 2.75) is 38.9 Å². The monoisotopic (exact) mass is 523 g/mol. The van der Waals surface area contributed by atoms with Gasteiger partial charge in [-0.2, -0.15) is 0 Å². The highest BCUT2D eigenvalue weighted by atomic mass is 32.1. The molecule has 4 heterocycles. The van der Waals surface area contributed by atoms with Crippen molar-refractivity contribution in [3.63, 3.8) is 0 Å². The minimum atomic E-state index is -0.370. The van der Waals surface area contributed by atoms with Crippen LogP contribution >= 0.6 is 11.3 Å². The van der Waals surface area contributed by atoms with Gasteiger partial charge >= 0.3 is 7.12 Å². The first-order valence-corrected chi connectivity index (χ1v) is 14.4. The summed E-state index contributed by atoms with van der Waals surface area (Å²) >= 11 is 1.86. The number of thiophene rings is 1. The molecule has 39 heavy (non-hydrogen) atoms. The summed E-state index contributed by atoms with van der Waals surface area (Å²) in [6.45, 7) is 8.44. The normalized spacial score (nSPS) is 17.4. The zero-order chi connectivity index (χ0) is 26.3. The number of benzene rings is 5. The lowest BCUT2D eigenvalue weighted by Gasteiger charge is -2.32. The number of nitrogens with zero attached hydrogens (tertiary/aromatic N) is 1. The van der Waals surface area contributed by atoms with E-state index in [0.29, 0.717) is 0 Å². The van der Waals surface area contributed by atoms with Crippen LogP contribution < -0.4 is 5.46 Å². The van der Waals surface area contributed by atoms with Gasteiger partial charge in [-0.1, -0.05) is 60.7 Å². The summed E-state index contributed by atoms with van der Waals surface area (Å²) in [5.74, 6) is 0. The summed E-state index contributed by atoms with van der Waals surface area (Å²) in [5.41, 5.74) is 4.21. The maximum atomic E-state index is 6.41. The van der Waals surface area contributed by atoms with Crippen LogP contribution in [0.25, 0.3) is 69.0 Å². The predicted octanol–water partition coefficient (Wildman–Crippen LogP) is 8.66. The van der Waals surface area contributed by atoms with Crippen molar-refractivity contribution < 1.29 is 9.31 Å². The molecule has 8 aromatic rings. The second-order valence-electron chi connectivity index (χ2n) is 12.0. The standard InChI is InChI=1S/C34H26BNO2S/c1-33(2)34(3,4)38-35(37-33)19-12-16-28-25(18-19)31-22-13-15-27-30(21(22)14-17-29(31)39-28)24-10-7-9-23-20-8-5-6-11-26(20)36(27)32(23)24/h5-18H,1-4H3. The molecule has 1 fully saturated rings. The van der Waals surface area contributed by atoms with Gasteiger partial charge in [-0.15, -0.1) is 11.3 Å². The molecule has 1 aliphatic rings. The summed E-state index contributed by atoms with van der Waals surface area (Å²) in [6, 6.07) is 31.5. The predicted molar refractivity (Wildman–Crippen MR) is 167 cm³/mol. The van der Waals surface area contributed by atoms with Crippen molar-refractivity contribution in [2.75, 3.05) is 0 Å². The van der Waals surface area contributed by atoms with Crippen LogP contribution in [-0.2, 0) is 9.31 Å². The lowest BCUT2D eigenvalue weighted by atomic mass is 9.78. The SMILES string of the molecule is CC1(C)OB(c2ccc3sc4ccc5c(ccc6c5c5cccc7c8ccccc8n6c75)c4c3c2)OC1(C)C. The molecule has 0 spiro atoms. The second-order valence-corrected chi connectivity index (χ2v) is 13.1. The van der Waals surface area contributed by atoms with Gasteiger partial charge in [-0.05, 0) is 68.2 Å². The first-order valence-electron chi connectivity index (χ1n) is 13.6. The van der Waals surface area contributed by atoms with E-state index in [-0.39, 0.29) is 18.3 Å². The third-order valence-electron chi connectivity index (χ3n) is 9.36. The fourth-order valence-electron chi connectivity index (χ4n) is 6.75. The van der Waals surface area contributed by atoms with Crippen LogP contribution in [0.3, 0.4) is 0 Å². The number of hydrogen-bond acceptors (Lipinski definition) is 3. The van der Waals surface area contributed by atoms with E-state index >= 15 is 0 Å². The summed E-state index contributed by atoms with van der Waals surface area (Å²) < 4.78 is 17.9. The van der Waals surface area contributed by atoms with E-state index in [1.165, 1.54) is 69.0 Å². The lowest BCUT2D eigenvalue weighted by molar-refractivity contribution is 0.00578. The van der Waals surface area contributed by atoms with Crippen molar-refractivity contribution >= 4 is 93.0 Å². The zero-order valence-electron chi connectivity index (χ0n) is 22.3. The molecular formula is C34H26BNO2S. The molecule has 1 aliphatic heterocycles. The third kappa shape index (κ3) is 2.70. The Morgan fingerprint density at radius 1 is 0.590 bits per heavy atom. The number of para-hydroxylation sites is 2. The average molecular weight is 523 g/mol. The molecule has 0 bridgehead atoms. The highest BCUT2D eigenvalue weighted by Crippen LogP contribution is 2.45. The van der Waals surface area contributed by atoms with Gasteiger partial charge in [0.1, 0.15) is 0 Å². The molecular weight excluding hydrogens is 497 g/mol. The first kappa shape index (κ1) is 22.2. The van der Waals surface area contributed by atoms with Gasteiger partial charge in [-0.25, -0.2) is 0 Å². The van der Waals surface area contributed by atoms with E-state index in [1.54, 1.807) is 0 Å². The molecule has 5 heteroatoms. The molecule has 0 aliphatic carbocycles. The fraction of sp³-hybridized carbons (Fsp3) is 0.176. The molecule has 0 unspecified atom stereocenters. The van der Waals surface area contributed by atoms with Crippen molar-refractivity contribution in [3.05, 3.63) is 84.9 Å². The molecule has 0 N–H and O–H groups in total. The van der Waals surface area contributed by atoms with E-state index in [1.807, 2.05) is 11.3 Å². The van der Waals surface area contributed by atoms with E-state index in [9.17, 15) is 0 Å². The molecule has 3 nitrogen and oxygen atoms in total. The number of hydrogen-bond donors (Lipinski definition) is 0. The van der Waals surface area contributed by atoms with E-state index in [0.717, 1.165) is 5.46 Å². The minimum absolute atomic E-state index is 0.363. The Bertz CT molecular complexity index is 2290. The van der Waals surface area contributed by atoms with Crippen LogP contribution in [0.4, 0.5) is 0 Å². The number of fused-ring (bicyclic) bond motifs is 12. The Morgan fingerprint density at radius 3 is 2.13 bits per heavy atom. The highest BCUT2D eigenvalue weighted by Gasteiger charge is 2.51. The average Bonchev–Trinajstić information content (AvgIpc) is 3.63. The number of aromatic nitrogens is 1. The molecule has 0 atom stereocenters. The van der Waals surface area contributed by atoms with Gasteiger partial charge in [0.25, 0.3) is 0 Å². The van der Waals surface area contributed by atoms with Gasteiger partial charge in [-0.3, -0.25) is 0 Å². The van der Waals surface area contributed by atoms with Gasteiger partial charge in [0, 0.05) is 41.7 Å². The second kappa shape index (κ2) is 7.11. The molecule has 9 rings (SSSR count). The van der Waals surface area contributed by atoms with Crippen LogP contribution in [0.5, 0.6) is 0 Å². The Hall–Kier alpha value is -3.64. The molecule has 0 radical (unpaired) electrons. The van der Waals surface area contributed by atoms with Gasteiger partial charge in [0.05, 0.1) is 27.8 Å².